The summed E-state index contributed by atoms with van der Waals surface area (Å²) in [6, 6.07) is -0.0663. The number of Topliss-reactive ketones (excluding diaryl/α,β-unsaturated/α-hetero) is 4. The van der Waals surface area contributed by atoms with Gasteiger partial charge in [0.05, 0.1) is 46.7 Å². The summed E-state index contributed by atoms with van der Waals surface area (Å²) in [7, 11) is 6.13. The van der Waals surface area contributed by atoms with Crippen LogP contribution in [-0.2, 0) is 38.1 Å². The van der Waals surface area contributed by atoms with E-state index in [0.717, 1.165) is 0 Å². The maximum absolute atomic E-state index is 14.0. The Morgan fingerprint density at radius 3 is 1.46 bits per heavy atom. The number of nitrogens with two attached hydrogens (primary N) is 2. The second kappa shape index (κ2) is 13.3. The number of primary amides is 2. The number of nitrogens with zero attached hydrogens (tertiary/aromatic N) is 2. The first kappa shape index (κ1) is 36.9. The summed E-state index contributed by atoms with van der Waals surface area (Å²) in [5.41, 5.74) is 10.6. The number of amides is 2. The molecule has 0 aromatic rings. The number of nitrogens with one attached hydrogen (secondary N) is 4. The molecule has 0 unspecified atom stereocenters. The summed E-state index contributed by atoms with van der Waals surface area (Å²) in [6.07, 6.45) is -1.96. The molecule has 290 valence electrons. The molecule has 0 bridgehead atoms. The van der Waals surface area contributed by atoms with E-state index in [1.54, 1.807) is 13.8 Å². The molecule has 2 amide bonds. The van der Waals surface area contributed by atoms with E-state index >= 15 is 0 Å². The van der Waals surface area contributed by atoms with Gasteiger partial charge in [0.15, 0.2) is 11.4 Å². The maximum atomic E-state index is 14.0. The largest absolute Gasteiger partial charge is 0.449 e. The predicted molar refractivity (Wildman–Crippen MR) is 193 cm³/mol. The molecule has 18 nitrogen and oxygen atoms in total. The lowest BCUT2D eigenvalue weighted by Crippen LogP contribution is -2.55. The van der Waals surface area contributed by atoms with Gasteiger partial charge in [0.25, 0.3) is 0 Å². The summed E-state index contributed by atoms with van der Waals surface area (Å²) in [5, 5.41) is 13.0. The van der Waals surface area contributed by atoms with Crippen molar-refractivity contribution in [3.63, 3.8) is 0 Å². The van der Waals surface area contributed by atoms with Gasteiger partial charge in [-0.2, -0.15) is 0 Å². The highest BCUT2D eigenvalue weighted by molar-refractivity contribution is 8.76. The lowest BCUT2D eigenvalue weighted by atomic mass is 9.82. The molecule has 8 aliphatic rings. The lowest BCUT2D eigenvalue weighted by molar-refractivity contribution is -0.137. The number of piperazine rings is 2. The van der Waals surface area contributed by atoms with E-state index in [2.05, 4.69) is 21.3 Å². The summed E-state index contributed by atoms with van der Waals surface area (Å²) >= 11 is 0. The van der Waals surface area contributed by atoms with Crippen molar-refractivity contribution in [1.82, 2.24) is 31.1 Å². The van der Waals surface area contributed by atoms with Crippen molar-refractivity contribution in [1.29, 1.82) is 0 Å². The van der Waals surface area contributed by atoms with E-state index < -0.39 is 35.5 Å². The topological polar surface area (TPSA) is 266 Å². The molecule has 2 aliphatic carbocycles. The second-order valence-corrected chi connectivity index (χ2v) is 17.0. The van der Waals surface area contributed by atoms with Crippen LogP contribution < -0.4 is 32.7 Å². The van der Waals surface area contributed by atoms with E-state index in [0.29, 0.717) is 60.2 Å². The third kappa shape index (κ3) is 5.16. The van der Waals surface area contributed by atoms with E-state index in [1.807, 2.05) is 9.80 Å². The van der Waals surface area contributed by atoms with Crippen LogP contribution in [0.5, 0.6) is 0 Å². The van der Waals surface area contributed by atoms with Crippen LogP contribution in [0.25, 0.3) is 0 Å². The number of ketones is 4. The zero-order valence-corrected chi connectivity index (χ0v) is 31.7. The molecule has 54 heavy (non-hydrogen) atoms. The zero-order chi connectivity index (χ0) is 38.4. The normalized spacial score (nSPS) is 34.2. The smallest absolute Gasteiger partial charge is 0.404 e. The highest BCUT2D eigenvalue weighted by Crippen LogP contribution is 2.57. The van der Waals surface area contributed by atoms with Gasteiger partial charge < -0.3 is 61.5 Å². The highest BCUT2D eigenvalue weighted by atomic mass is 33.1. The molecular weight excluding hydrogens is 745 g/mol. The summed E-state index contributed by atoms with van der Waals surface area (Å²) in [6.45, 7) is 4.57. The third-order valence-corrected chi connectivity index (χ3v) is 14.3. The van der Waals surface area contributed by atoms with E-state index in [-0.39, 0.29) is 83.1 Å². The number of fused-ring (bicyclic) bond motifs is 8. The Hall–Kier alpha value is -4.08. The number of ether oxygens (including phenoxy) is 4. The molecule has 4 saturated heterocycles. The zero-order valence-electron chi connectivity index (χ0n) is 30.1. The van der Waals surface area contributed by atoms with Crippen molar-refractivity contribution >= 4 is 56.9 Å². The molecule has 8 N–H and O–H groups in total. The minimum Gasteiger partial charge on any atom is -0.449 e. The van der Waals surface area contributed by atoms with E-state index in [1.165, 1.54) is 35.8 Å². The molecule has 0 aromatic heterocycles. The van der Waals surface area contributed by atoms with Gasteiger partial charge in [-0.25, -0.2) is 9.59 Å². The highest BCUT2D eigenvalue weighted by Gasteiger charge is 2.74. The average molecular weight is 787 g/mol. The molecule has 8 atom stereocenters. The van der Waals surface area contributed by atoms with Gasteiger partial charge in [0.1, 0.15) is 13.2 Å². The molecule has 6 heterocycles. The monoisotopic (exact) mass is 786 g/mol. The third-order valence-electron chi connectivity index (χ3n) is 11.9. The van der Waals surface area contributed by atoms with Gasteiger partial charge in [0.2, 0.25) is 23.1 Å². The molecule has 8 rings (SSSR count). The molecule has 0 saturated carbocycles. The van der Waals surface area contributed by atoms with Crippen LogP contribution in [0, 0.1) is 11.8 Å². The molecular formula is C34H42N8O10S2. The number of methoxy groups -OCH3 is 2. The fraction of sp³-hybridized carbons (Fsp3) is 0.588. The molecule has 0 aromatic carbocycles. The minimum absolute atomic E-state index is 0.0990. The van der Waals surface area contributed by atoms with Gasteiger partial charge in [-0.3, -0.25) is 19.2 Å². The van der Waals surface area contributed by atoms with Crippen LogP contribution in [0.4, 0.5) is 9.59 Å². The average Bonchev–Trinajstić information content (AvgIpc) is 3.97. The van der Waals surface area contributed by atoms with Crippen LogP contribution in [0.3, 0.4) is 0 Å². The molecule has 20 heteroatoms. The number of hydrogen-bond acceptors (Lipinski definition) is 18. The molecule has 4 fully saturated rings. The first-order chi connectivity index (χ1) is 25.8. The minimum atomic E-state index is -1.05. The van der Waals surface area contributed by atoms with Crippen molar-refractivity contribution in [3.05, 3.63) is 45.1 Å². The van der Waals surface area contributed by atoms with Crippen LogP contribution in [0.1, 0.15) is 13.8 Å². The van der Waals surface area contributed by atoms with Gasteiger partial charge in [-0.05, 0) is 13.8 Å². The quantitative estimate of drug-likeness (QED) is 0.0470. The van der Waals surface area contributed by atoms with Crippen LogP contribution in [0.2, 0.25) is 0 Å². The van der Waals surface area contributed by atoms with Crippen molar-refractivity contribution in [3.8, 4) is 0 Å². The predicted octanol–water partition coefficient (Wildman–Crippen LogP) is -1.65. The van der Waals surface area contributed by atoms with Crippen molar-refractivity contribution in [2.75, 3.05) is 65.1 Å². The fourth-order valence-corrected chi connectivity index (χ4v) is 11.4. The van der Waals surface area contributed by atoms with Gasteiger partial charge in [0, 0.05) is 86.3 Å². The van der Waals surface area contributed by atoms with Gasteiger partial charge >= 0.3 is 12.2 Å². The summed E-state index contributed by atoms with van der Waals surface area (Å²) in [5.74, 6) is -1.51. The van der Waals surface area contributed by atoms with E-state index in [4.69, 9.17) is 30.4 Å². The van der Waals surface area contributed by atoms with Gasteiger partial charge in [-0.1, -0.05) is 21.6 Å². The Balaban J connectivity index is 0.855. The first-order valence-corrected chi connectivity index (χ1v) is 20.2. The summed E-state index contributed by atoms with van der Waals surface area (Å²) in [4.78, 5) is 82.3. The van der Waals surface area contributed by atoms with Crippen molar-refractivity contribution in [2.45, 2.75) is 49.5 Å². The Bertz CT molecular complexity index is 1780. The maximum Gasteiger partial charge on any atom is 0.404 e. The van der Waals surface area contributed by atoms with Gasteiger partial charge in [-0.15, -0.1) is 0 Å². The van der Waals surface area contributed by atoms with Crippen LogP contribution in [-0.4, -0.2) is 146 Å². The molecule has 0 radical (unpaired) electrons. The summed E-state index contributed by atoms with van der Waals surface area (Å²) < 4.78 is 22.4. The second-order valence-electron chi connectivity index (χ2n) is 14.3. The number of allylic oxidation sites excluding steroid dienone is 4. The Morgan fingerprint density at radius 2 is 1.11 bits per heavy atom. The number of carbonyl (C=O) groups is 6. The fourth-order valence-electron chi connectivity index (χ4n) is 9.56. The number of hydrogen-bond donors (Lipinski definition) is 6. The van der Waals surface area contributed by atoms with Crippen molar-refractivity contribution in [2.24, 2.45) is 23.3 Å². The molecule has 0 spiro atoms. The standard InChI is InChI=1S/C34H42N8O10S2/c1-13-21(27(45)19-15(11-51-31(35)47)33(49-3)29-17(39-29)9-41(33)23(19)25(13)43)37-5-7-53-54-8-6-38-22-14(2)26(44)24-20(28(22)46)16(12-52-32(36)48)34(50-4)30-18(40-30)10-42(24)34/h15-18,29-30,37-40H,5-12H2,1-4H3,(H2,35,47)(H2,36,48)/t15-,16-,17+,18+,29+,30+,33-,34-/m1/s1. The Labute approximate surface area is 317 Å². The van der Waals surface area contributed by atoms with Crippen LogP contribution >= 0.6 is 21.6 Å². The Kier molecular flexibility index (Phi) is 9.08. The van der Waals surface area contributed by atoms with E-state index in [9.17, 15) is 28.8 Å². The van der Waals surface area contributed by atoms with Crippen LogP contribution in [0.15, 0.2) is 45.1 Å². The first-order valence-electron chi connectivity index (χ1n) is 17.7. The lowest BCUT2D eigenvalue weighted by Gasteiger charge is -2.39. The number of carbonyl (C=O) groups excluding carboxylic acids is 6. The number of rotatable bonds is 15. The Morgan fingerprint density at radius 1 is 0.722 bits per heavy atom. The SMILES string of the molecule is CO[C@@]12[C@H](COC(N)=O)C3=C(C(=O)C(C)=C(NCCSSCCNC4=C(C)C(=O)C5=C(C4=O)[C@@H](COC(N)=O)[C@@]4(OC)[C@H]6N[C@H]6CN54)C3=O)N1C[C@@H]1N[C@@H]12. The van der Waals surface area contributed by atoms with Crippen molar-refractivity contribution < 1.29 is 47.7 Å². The molecule has 6 aliphatic heterocycles.